The molecule has 0 spiro atoms. The van der Waals surface area contributed by atoms with Gasteiger partial charge in [-0.05, 0) is 0 Å². The van der Waals surface area contributed by atoms with Crippen LogP contribution in [0.2, 0.25) is 0 Å². The van der Waals surface area contributed by atoms with E-state index in [0.29, 0.717) is 0 Å². The summed E-state index contributed by atoms with van der Waals surface area (Å²) < 4.78 is 0. The van der Waals surface area contributed by atoms with Gasteiger partial charge in [0.05, 0.1) is 0 Å². The van der Waals surface area contributed by atoms with Crippen LogP contribution in [0.5, 0.6) is 0 Å². The van der Waals surface area contributed by atoms with Gasteiger partial charge in [0.2, 0.25) is 0 Å². The number of hydrogen-bond donors (Lipinski definition) is 1. The molecule has 1 N–H and O–H groups in total. The molecule has 0 aromatic heterocycles. The van der Waals surface area contributed by atoms with Crippen molar-refractivity contribution < 1.29 is 38.7 Å². The molecule has 0 rings (SSSR count). The Morgan fingerprint density at radius 3 is 1.60 bits per heavy atom. The van der Waals surface area contributed by atoms with Gasteiger partial charge in [-0.15, -0.1) is 0 Å². The molecule has 0 saturated carbocycles. The molecule has 0 radical (unpaired) electrons. The van der Waals surface area contributed by atoms with Crippen molar-refractivity contribution >= 4 is 0 Å². The van der Waals surface area contributed by atoms with E-state index in [-0.39, 0.29) is 33.6 Å². The zero-order valence-electron chi connectivity index (χ0n) is 2.06. The molecule has 4 heteroatoms. The Kier molecular flexibility index (Phi) is 102. The van der Waals surface area contributed by atoms with Gasteiger partial charge in [0.1, 0.15) is 0 Å². The van der Waals surface area contributed by atoms with Gasteiger partial charge in [-0.2, -0.15) is 5.26 Å². The quantitative estimate of drug-likeness (QED) is 0.392. The second-order valence-electron chi connectivity index (χ2n) is 0.100. The van der Waals surface area contributed by atoms with E-state index < -0.39 is 0 Å². The predicted octanol–water partition coefficient (Wildman–Crippen LogP) is -0.165. The number of nitriles is 1. The first-order valence-electron chi connectivity index (χ1n) is 0.447. The number of hydrogen-bond acceptors (Lipinski definition) is 2. The topological polar surface area (TPSA) is 44.0 Å². The van der Waals surface area contributed by atoms with E-state index >= 15 is 0 Å². The molecule has 0 aliphatic heterocycles. The summed E-state index contributed by atoms with van der Waals surface area (Å²) in [5, 5.41) is 13.8. The maximum absolute atomic E-state index is 6.88. The summed E-state index contributed by atoms with van der Waals surface area (Å²) >= 11 is 0. The molecule has 0 unspecified atom stereocenters. The van der Waals surface area contributed by atoms with Crippen LogP contribution in [0, 0.1) is 11.5 Å². The van der Waals surface area contributed by atoms with Gasteiger partial charge in [-0.25, -0.2) is 0 Å². The Morgan fingerprint density at radius 1 is 1.60 bits per heavy atom. The third kappa shape index (κ3) is 249. The van der Waals surface area contributed by atoms with Gasteiger partial charge in [0.15, 0.2) is 0 Å². The standard InChI is InChI=1S/CHNO.Fe.Ni/c2-1-3;;/h3H;;. The largest absolute Gasteiger partial charge is 0.443 e. The first-order valence-corrected chi connectivity index (χ1v) is 0.447. The molecule has 0 aromatic rings. The fraction of sp³-hybridized carbons (Fsp3) is 0. The van der Waals surface area contributed by atoms with Crippen LogP contribution in [0.1, 0.15) is 0 Å². The molecule has 0 aliphatic carbocycles. The molecule has 0 heterocycles. The third-order valence-corrected chi connectivity index (χ3v) is 0. The first-order chi connectivity index (χ1) is 1.41. The van der Waals surface area contributed by atoms with Crippen LogP contribution in [0.15, 0.2) is 0 Å². The number of nitrogens with zero attached hydrogens (tertiary/aromatic N) is 1. The molecule has 0 aliphatic rings. The van der Waals surface area contributed by atoms with Crippen LogP contribution >= 0.6 is 0 Å². The number of aliphatic hydroxyl groups is 1. The van der Waals surface area contributed by atoms with Crippen molar-refractivity contribution in [2.75, 3.05) is 0 Å². The minimum atomic E-state index is 0. The maximum atomic E-state index is 6.88. The van der Waals surface area contributed by atoms with Crippen molar-refractivity contribution in [2.45, 2.75) is 0 Å². The predicted molar refractivity (Wildman–Crippen MR) is 7.55 cm³/mol. The van der Waals surface area contributed by atoms with Crippen LogP contribution in [0.25, 0.3) is 0 Å². The van der Waals surface area contributed by atoms with E-state index in [1.165, 1.54) is 0 Å². The molecule has 0 fully saturated rings. The zero-order valence-corrected chi connectivity index (χ0v) is 4.16. The van der Waals surface area contributed by atoms with Gasteiger partial charge in [-0.1, -0.05) is 0 Å². The summed E-state index contributed by atoms with van der Waals surface area (Å²) in [4.78, 5) is 0. The Morgan fingerprint density at radius 2 is 1.60 bits per heavy atom. The minimum absolute atomic E-state index is 0. The molecule has 34 valence electrons. The van der Waals surface area contributed by atoms with Crippen LogP contribution in [0.3, 0.4) is 0 Å². The fourth-order valence-electron chi connectivity index (χ4n) is 0. The molecule has 0 aromatic carbocycles. The molecule has 0 amide bonds. The summed E-state index contributed by atoms with van der Waals surface area (Å²) in [7, 11) is 0. The van der Waals surface area contributed by atoms with Crippen molar-refractivity contribution in [3.05, 3.63) is 0 Å². The van der Waals surface area contributed by atoms with Crippen LogP contribution < -0.4 is 0 Å². The van der Waals surface area contributed by atoms with E-state index in [1.54, 1.807) is 0 Å². The van der Waals surface area contributed by atoms with Gasteiger partial charge in [0.25, 0.3) is 6.26 Å². The normalized spacial score (nSPS) is 1.40. The Labute approximate surface area is 50.6 Å². The Hall–Kier alpha value is 0.303. The van der Waals surface area contributed by atoms with Crippen molar-refractivity contribution in [1.29, 1.82) is 5.26 Å². The average Bonchev–Trinajstić information content (AvgIpc) is 0.918. The molecule has 5 heavy (non-hydrogen) atoms. The molecule has 0 atom stereocenters. The molecular formula is CHFeNNiO. The Balaban J connectivity index is -0.0000000200. The van der Waals surface area contributed by atoms with Crippen molar-refractivity contribution in [1.82, 2.24) is 0 Å². The monoisotopic (exact) mass is 157 g/mol. The first kappa shape index (κ1) is 18.5. The van der Waals surface area contributed by atoms with Gasteiger partial charge in [0, 0.05) is 33.6 Å². The second kappa shape index (κ2) is 27.7. The van der Waals surface area contributed by atoms with Gasteiger partial charge < -0.3 is 5.11 Å². The summed E-state index contributed by atoms with van der Waals surface area (Å²) in [5.41, 5.74) is 0. The number of aliphatic hydroxyl groups excluding tert-OH is 1. The van der Waals surface area contributed by atoms with E-state index in [0.717, 1.165) is 6.26 Å². The number of rotatable bonds is 0. The van der Waals surface area contributed by atoms with Crippen molar-refractivity contribution in [3.8, 4) is 6.26 Å². The second-order valence-corrected chi connectivity index (χ2v) is 0.100. The van der Waals surface area contributed by atoms with Crippen LogP contribution in [-0.2, 0) is 33.6 Å². The summed E-state index contributed by atoms with van der Waals surface area (Å²) in [6.07, 6.45) is 0.750. The van der Waals surface area contributed by atoms with E-state index in [2.05, 4.69) is 0 Å². The van der Waals surface area contributed by atoms with E-state index in [9.17, 15) is 0 Å². The minimum Gasteiger partial charge on any atom is -0.443 e. The zero-order chi connectivity index (χ0) is 2.71. The maximum Gasteiger partial charge on any atom is 0.283 e. The van der Waals surface area contributed by atoms with E-state index in [1.807, 2.05) is 0 Å². The third-order valence-electron chi connectivity index (χ3n) is 0. The summed E-state index contributed by atoms with van der Waals surface area (Å²) in [6, 6.07) is 0. The van der Waals surface area contributed by atoms with E-state index in [4.69, 9.17) is 10.4 Å². The molecular weight excluding hydrogens is 157 g/mol. The van der Waals surface area contributed by atoms with Crippen LogP contribution in [-0.4, -0.2) is 5.11 Å². The van der Waals surface area contributed by atoms with Crippen molar-refractivity contribution in [2.24, 2.45) is 0 Å². The van der Waals surface area contributed by atoms with Crippen molar-refractivity contribution in [3.63, 3.8) is 0 Å². The summed E-state index contributed by atoms with van der Waals surface area (Å²) in [6.45, 7) is 0. The van der Waals surface area contributed by atoms with Gasteiger partial charge in [-0.3, -0.25) is 0 Å². The molecule has 0 bridgehead atoms. The summed E-state index contributed by atoms with van der Waals surface area (Å²) in [5.74, 6) is 0. The fourth-order valence-corrected chi connectivity index (χ4v) is 0. The molecule has 2 nitrogen and oxygen atoms in total. The van der Waals surface area contributed by atoms with Crippen LogP contribution in [0.4, 0.5) is 0 Å². The van der Waals surface area contributed by atoms with Gasteiger partial charge >= 0.3 is 0 Å². The Bertz CT molecular complexity index is 33.1. The smallest absolute Gasteiger partial charge is 0.283 e. The molecule has 0 saturated heterocycles. The SMILES string of the molecule is N#CO.[Fe].[Ni]. The average molecular weight is 158 g/mol.